The molecule has 0 fully saturated rings. The first-order valence-corrected chi connectivity index (χ1v) is 6.72. The van der Waals surface area contributed by atoms with E-state index < -0.39 is 5.97 Å². The van der Waals surface area contributed by atoms with Crippen LogP contribution in [0.4, 0.5) is 0 Å². The molecule has 0 aliphatic heterocycles. The van der Waals surface area contributed by atoms with Gasteiger partial charge in [0.2, 0.25) is 0 Å². The molecule has 0 aliphatic carbocycles. The lowest BCUT2D eigenvalue weighted by molar-refractivity contribution is 0.0693. The van der Waals surface area contributed by atoms with E-state index in [1.54, 1.807) is 32.4 Å². The molecule has 118 valence electrons. The van der Waals surface area contributed by atoms with Crippen molar-refractivity contribution in [3.05, 3.63) is 29.3 Å². The van der Waals surface area contributed by atoms with Crippen LogP contribution in [0.15, 0.2) is 18.2 Å². The summed E-state index contributed by atoms with van der Waals surface area (Å²) in [6, 6.07) is 5.13. The monoisotopic (exact) mass is 297 g/mol. The summed E-state index contributed by atoms with van der Waals surface area (Å²) in [5.41, 5.74) is 1.16. The Hall–Kier alpha value is -1.63. The van der Waals surface area contributed by atoms with Crippen LogP contribution in [0, 0.1) is 0 Å². The summed E-state index contributed by atoms with van der Waals surface area (Å²) < 4.78 is 15.3. The van der Waals surface area contributed by atoms with Crippen molar-refractivity contribution in [2.24, 2.45) is 0 Å². The number of hydrogen-bond acceptors (Lipinski definition) is 5. The Labute approximate surface area is 125 Å². The molecule has 0 saturated heterocycles. The molecule has 0 unspecified atom stereocenters. The van der Waals surface area contributed by atoms with Gasteiger partial charge in [0.15, 0.2) is 0 Å². The average molecular weight is 297 g/mol. The van der Waals surface area contributed by atoms with Crippen molar-refractivity contribution in [3.8, 4) is 5.75 Å². The molecular formula is C15H23NO5. The Kier molecular flexibility index (Phi) is 7.74. The summed E-state index contributed by atoms with van der Waals surface area (Å²) in [6.45, 7) is 3.51. The van der Waals surface area contributed by atoms with Gasteiger partial charge in [-0.3, -0.25) is 4.90 Å². The summed E-state index contributed by atoms with van der Waals surface area (Å²) >= 11 is 0. The maximum absolute atomic E-state index is 11.1. The summed E-state index contributed by atoms with van der Waals surface area (Å²) in [6.07, 6.45) is 0. The Morgan fingerprint density at radius 1 is 1.14 bits per heavy atom. The maximum atomic E-state index is 11.1. The standard InChI is InChI=1S/C15H23NO5/c1-19-8-6-16(7-9-20-2)11-12-4-5-13(15(17)18)14(10-12)21-3/h4-5,10H,6-9,11H2,1-3H3,(H,17,18). The number of rotatable bonds is 10. The van der Waals surface area contributed by atoms with Crippen molar-refractivity contribution in [1.82, 2.24) is 4.90 Å². The molecule has 1 rings (SSSR count). The smallest absolute Gasteiger partial charge is 0.339 e. The second-order valence-electron chi connectivity index (χ2n) is 4.60. The van der Waals surface area contributed by atoms with E-state index in [1.807, 2.05) is 0 Å². The number of carbonyl (C=O) groups is 1. The van der Waals surface area contributed by atoms with Crippen molar-refractivity contribution in [2.75, 3.05) is 47.6 Å². The Morgan fingerprint density at radius 3 is 2.24 bits per heavy atom. The molecule has 0 amide bonds. The molecule has 0 saturated carbocycles. The Morgan fingerprint density at radius 2 is 1.76 bits per heavy atom. The summed E-state index contributed by atoms with van der Waals surface area (Å²) in [5.74, 6) is -0.618. The number of nitrogens with zero attached hydrogens (tertiary/aromatic N) is 1. The lowest BCUT2D eigenvalue weighted by atomic mass is 10.1. The molecule has 0 spiro atoms. The molecule has 1 N–H and O–H groups in total. The first kappa shape index (κ1) is 17.4. The van der Waals surface area contributed by atoms with E-state index in [4.69, 9.17) is 19.3 Å². The van der Waals surface area contributed by atoms with Crippen LogP contribution in [0.2, 0.25) is 0 Å². The third-order valence-corrected chi connectivity index (χ3v) is 3.13. The van der Waals surface area contributed by atoms with Crippen LogP contribution in [0.1, 0.15) is 15.9 Å². The number of carboxylic acid groups (broad SMARTS) is 1. The number of methoxy groups -OCH3 is 3. The van der Waals surface area contributed by atoms with Crippen LogP contribution in [-0.4, -0.2) is 63.6 Å². The Bertz CT molecular complexity index is 442. The summed E-state index contributed by atoms with van der Waals surface area (Å²) in [5, 5.41) is 9.08. The molecular weight excluding hydrogens is 274 g/mol. The normalized spacial score (nSPS) is 10.9. The number of ether oxygens (including phenoxy) is 3. The molecule has 0 aromatic heterocycles. The lowest BCUT2D eigenvalue weighted by Crippen LogP contribution is -2.30. The number of aromatic carboxylic acids is 1. The van der Waals surface area contributed by atoms with E-state index in [0.29, 0.717) is 25.5 Å². The summed E-state index contributed by atoms with van der Waals surface area (Å²) in [4.78, 5) is 13.3. The van der Waals surface area contributed by atoms with E-state index in [-0.39, 0.29) is 5.56 Å². The molecule has 6 nitrogen and oxygen atoms in total. The zero-order valence-corrected chi connectivity index (χ0v) is 12.8. The molecule has 21 heavy (non-hydrogen) atoms. The van der Waals surface area contributed by atoms with Gasteiger partial charge < -0.3 is 19.3 Å². The number of benzene rings is 1. The molecule has 0 heterocycles. The van der Waals surface area contributed by atoms with Crippen LogP contribution >= 0.6 is 0 Å². The van der Waals surface area contributed by atoms with Gasteiger partial charge in [0.05, 0.1) is 20.3 Å². The highest BCUT2D eigenvalue weighted by Crippen LogP contribution is 2.21. The third-order valence-electron chi connectivity index (χ3n) is 3.13. The van der Waals surface area contributed by atoms with Gasteiger partial charge in [0, 0.05) is 33.9 Å². The minimum absolute atomic E-state index is 0.168. The van der Waals surface area contributed by atoms with Crippen LogP contribution in [-0.2, 0) is 16.0 Å². The fourth-order valence-electron chi connectivity index (χ4n) is 1.98. The van der Waals surface area contributed by atoms with Crippen LogP contribution in [0.25, 0.3) is 0 Å². The molecule has 0 bridgehead atoms. The molecule has 0 atom stereocenters. The second kappa shape index (κ2) is 9.33. The van der Waals surface area contributed by atoms with Gasteiger partial charge in [0.25, 0.3) is 0 Å². The van der Waals surface area contributed by atoms with Gasteiger partial charge in [-0.25, -0.2) is 4.79 Å². The van der Waals surface area contributed by atoms with Crippen molar-refractivity contribution in [2.45, 2.75) is 6.54 Å². The Balaban J connectivity index is 2.79. The van der Waals surface area contributed by atoms with Gasteiger partial charge in [-0.05, 0) is 17.7 Å². The van der Waals surface area contributed by atoms with Crippen LogP contribution in [0.3, 0.4) is 0 Å². The first-order chi connectivity index (χ1) is 10.1. The molecule has 1 aromatic carbocycles. The number of hydrogen-bond donors (Lipinski definition) is 1. The highest BCUT2D eigenvalue weighted by atomic mass is 16.5. The van der Waals surface area contributed by atoms with Gasteiger partial charge in [0.1, 0.15) is 11.3 Å². The topological polar surface area (TPSA) is 68.2 Å². The lowest BCUT2D eigenvalue weighted by Gasteiger charge is -2.22. The van der Waals surface area contributed by atoms with E-state index in [0.717, 1.165) is 18.7 Å². The van der Waals surface area contributed by atoms with Gasteiger partial charge in [-0.1, -0.05) is 6.07 Å². The fraction of sp³-hybridized carbons (Fsp3) is 0.533. The average Bonchev–Trinajstić information content (AvgIpc) is 2.49. The van der Waals surface area contributed by atoms with Crippen molar-refractivity contribution < 1.29 is 24.1 Å². The zero-order chi connectivity index (χ0) is 15.7. The van der Waals surface area contributed by atoms with Gasteiger partial charge in [-0.2, -0.15) is 0 Å². The minimum atomic E-state index is -0.992. The van der Waals surface area contributed by atoms with Crippen LogP contribution < -0.4 is 4.74 Å². The molecule has 0 radical (unpaired) electrons. The fourth-order valence-corrected chi connectivity index (χ4v) is 1.98. The van der Waals surface area contributed by atoms with Crippen LogP contribution in [0.5, 0.6) is 5.75 Å². The third kappa shape index (κ3) is 5.71. The van der Waals surface area contributed by atoms with Crippen molar-refractivity contribution in [1.29, 1.82) is 0 Å². The highest BCUT2D eigenvalue weighted by Gasteiger charge is 2.13. The maximum Gasteiger partial charge on any atom is 0.339 e. The molecule has 0 aliphatic rings. The minimum Gasteiger partial charge on any atom is -0.496 e. The SMILES string of the molecule is COCCN(CCOC)Cc1ccc(C(=O)O)c(OC)c1. The molecule has 1 aromatic rings. The van der Waals surface area contributed by atoms with E-state index in [9.17, 15) is 4.79 Å². The second-order valence-corrected chi connectivity index (χ2v) is 4.60. The predicted molar refractivity (Wildman–Crippen MR) is 79.0 cm³/mol. The zero-order valence-electron chi connectivity index (χ0n) is 12.8. The quantitative estimate of drug-likeness (QED) is 0.705. The largest absolute Gasteiger partial charge is 0.496 e. The summed E-state index contributed by atoms with van der Waals surface area (Å²) in [7, 11) is 4.80. The van der Waals surface area contributed by atoms with Crippen molar-refractivity contribution in [3.63, 3.8) is 0 Å². The van der Waals surface area contributed by atoms with E-state index in [2.05, 4.69) is 4.90 Å². The predicted octanol–water partition coefficient (Wildman–Crippen LogP) is 1.49. The van der Waals surface area contributed by atoms with Gasteiger partial charge >= 0.3 is 5.97 Å². The molecule has 6 heteroatoms. The van der Waals surface area contributed by atoms with E-state index >= 15 is 0 Å². The van der Waals surface area contributed by atoms with Crippen molar-refractivity contribution >= 4 is 5.97 Å². The van der Waals surface area contributed by atoms with Gasteiger partial charge in [-0.15, -0.1) is 0 Å². The van der Waals surface area contributed by atoms with E-state index in [1.165, 1.54) is 7.11 Å². The first-order valence-electron chi connectivity index (χ1n) is 6.72. The highest BCUT2D eigenvalue weighted by molar-refractivity contribution is 5.90. The number of carboxylic acids is 1.